The lowest BCUT2D eigenvalue weighted by Gasteiger charge is -2.38. The molecule has 0 saturated carbocycles. The first-order valence-corrected chi connectivity index (χ1v) is 13.2. The summed E-state index contributed by atoms with van der Waals surface area (Å²) in [4.78, 5) is 29.9. The topological polar surface area (TPSA) is 61.2 Å². The standard InChI is InChI=1S/C28H30N2O2S/c1-2-18-12-14-19(15-13-18)21-16-26(32)30(23-9-7-10-24(31)27(21)23)28-22(17-29)20-8-5-3-4-6-11-25(20)33-28/h12-15,21H,2-11,16H2,1H3/t21-/m1/s1. The number of hydrogen-bond acceptors (Lipinski definition) is 4. The summed E-state index contributed by atoms with van der Waals surface area (Å²) in [5, 5.41) is 10.9. The maximum absolute atomic E-state index is 13.7. The number of ketones is 1. The van der Waals surface area contributed by atoms with Gasteiger partial charge in [0.05, 0.1) is 5.56 Å². The Morgan fingerprint density at radius 2 is 1.76 bits per heavy atom. The molecule has 0 N–H and O–H groups in total. The molecule has 1 aromatic heterocycles. The predicted molar refractivity (Wildman–Crippen MR) is 131 cm³/mol. The SMILES string of the molecule is CCc1ccc([C@H]2CC(=O)N(c3sc4c(c3C#N)CCCCCC4)C3=C2C(=O)CCC3)cc1. The van der Waals surface area contributed by atoms with E-state index < -0.39 is 0 Å². The minimum Gasteiger partial charge on any atom is -0.294 e. The molecule has 5 heteroatoms. The van der Waals surface area contributed by atoms with Gasteiger partial charge in [-0.25, -0.2) is 0 Å². The zero-order chi connectivity index (χ0) is 22.9. The summed E-state index contributed by atoms with van der Waals surface area (Å²) < 4.78 is 0. The van der Waals surface area contributed by atoms with E-state index in [0.29, 0.717) is 18.4 Å². The van der Waals surface area contributed by atoms with Gasteiger partial charge in [-0.2, -0.15) is 5.26 Å². The number of allylic oxidation sites excluding steroid dienone is 2. The lowest BCUT2D eigenvalue weighted by molar-refractivity contribution is -0.119. The maximum atomic E-state index is 13.7. The van der Waals surface area contributed by atoms with Crippen LogP contribution in [0.4, 0.5) is 5.00 Å². The molecule has 0 spiro atoms. The number of aryl methyl sites for hydroxylation is 2. The molecule has 0 saturated heterocycles. The van der Waals surface area contributed by atoms with Crippen LogP contribution in [-0.4, -0.2) is 11.7 Å². The van der Waals surface area contributed by atoms with Crippen molar-refractivity contribution in [3.63, 3.8) is 0 Å². The van der Waals surface area contributed by atoms with Gasteiger partial charge in [0, 0.05) is 34.9 Å². The van der Waals surface area contributed by atoms with Gasteiger partial charge in [0.25, 0.3) is 0 Å². The van der Waals surface area contributed by atoms with Gasteiger partial charge in [0.15, 0.2) is 5.78 Å². The number of nitriles is 1. The normalized spacial score (nSPS) is 21.2. The second-order valence-corrected chi connectivity index (χ2v) is 10.5. The molecule has 1 aliphatic heterocycles. The highest BCUT2D eigenvalue weighted by molar-refractivity contribution is 7.16. The summed E-state index contributed by atoms with van der Waals surface area (Å²) in [5.41, 5.74) is 5.75. The number of nitrogens with zero attached hydrogens (tertiary/aromatic N) is 2. The third-order valence-corrected chi connectivity index (χ3v) is 8.71. The molecule has 0 bridgehead atoms. The summed E-state index contributed by atoms with van der Waals surface area (Å²) in [6.45, 7) is 2.12. The van der Waals surface area contributed by atoms with Gasteiger partial charge in [-0.1, -0.05) is 44.0 Å². The molecular weight excluding hydrogens is 428 g/mol. The number of rotatable bonds is 3. The van der Waals surface area contributed by atoms with E-state index in [1.54, 1.807) is 16.2 Å². The lowest BCUT2D eigenvalue weighted by atomic mass is 9.77. The first-order chi connectivity index (χ1) is 16.1. The molecule has 5 rings (SSSR count). The van der Waals surface area contributed by atoms with Crippen molar-refractivity contribution in [1.82, 2.24) is 0 Å². The highest BCUT2D eigenvalue weighted by Gasteiger charge is 2.41. The van der Waals surface area contributed by atoms with E-state index in [1.165, 1.54) is 23.3 Å². The Bertz CT molecular complexity index is 1170. The molecule has 170 valence electrons. The van der Waals surface area contributed by atoms with Crippen LogP contribution in [0, 0.1) is 11.3 Å². The predicted octanol–water partition coefficient (Wildman–Crippen LogP) is 6.37. The van der Waals surface area contributed by atoms with Crippen molar-refractivity contribution < 1.29 is 9.59 Å². The maximum Gasteiger partial charge on any atom is 0.232 e. The minimum absolute atomic E-state index is 0.0127. The van der Waals surface area contributed by atoms with E-state index >= 15 is 0 Å². The van der Waals surface area contributed by atoms with Crippen molar-refractivity contribution in [2.75, 3.05) is 4.90 Å². The van der Waals surface area contributed by atoms with Crippen molar-refractivity contribution in [2.45, 2.75) is 83.5 Å². The highest BCUT2D eigenvalue weighted by atomic mass is 32.1. The van der Waals surface area contributed by atoms with Crippen LogP contribution in [0.25, 0.3) is 0 Å². The van der Waals surface area contributed by atoms with E-state index in [1.807, 2.05) is 0 Å². The number of hydrogen-bond donors (Lipinski definition) is 0. The second kappa shape index (κ2) is 9.27. The Kier molecular flexibility index (Phi) is 6.21. The molecule has 0 fully saturated rings. The van der Waals surface area contributed by atoms with Gasteiger partial charge < -0.3 is 0 Å². The molecule has 0 unspecified atom stereocenters. The zero-order valence-corrected chi connectivity index (χ0v) is 20.1. The van der Waals surface area contributed by atoms with Crippen LogP contribution in [0.5, 0.6) is 0 Å². The van der Waals surface area contributed by atoms with Gasteiger partial charge in [0.1, 0.15) is 11.1 Å². The van der Waals surface area contributed by atoms with Crippen molar-refractivity contribution in [2.24, 2.45) is 0 Å². The third-order valence-electron chi connectivity index (χ3n) is 7.43. The fraction of sp³-hybridized carbons (Fsp3) is 0.464. The minimum atomic E-state index is -0.186. The molecule has 33 heavy (non-hydrogen) atoms. The van der Waals surface area contributed by atoms with Crippen LogP contribution < -0.4 is 4.90 Å². The van der Waals surface area contributed by atoms with E-state index in [9.17, 15) is 14.9 Å². The molecule has 1 atom stereocenters. The molecular formula is C28H30N2O2S. The molecule has 4 nitrogen and oxygen atoms in total. The first-order valence-electron chi connectivity index (χ1n) is 12.3. The average molecular weight is 459 g/mol. The number of carbonyl (C=O) groups is 2. The van der Waals surface area contributed by atoms with Crippen LogP contribution in [0.15, 0.2) is 35.5 Å². The Balaban J connectivity index is 1.63. The summed E-state index contributed by atoms with van der Waals surface area (Å²) in [7, 11) is 0. The molecule has 2 heterocycles. The molecule has 1 amide bonds. The quantitative estimate of drug-likeness (QED) is 0.537. The molecule has 2 aliphatic carbocycles. The van der Waals surface area contributed by atoms with Crippen LogP contribution in [0.3, 0.4) is 0 Å². The Hall–Kier alpha value is -2.71. The number of anilines is 1. The molecule has 2 aromatic rings. The fourth-order valence-electron chi connectivity index (χ4n) is 5.68. The number of benzene rings is 1. The van der Waals surface area contributed by atoms with Crippen LogP contribution in [0.1, 0.15) is 91.3 Å². The highest BCUT2D eigenvalue weighted by Crippen LogP contribution is 2.47. The fourth-order valence-corrected chi connectivity index (χ4v) is 7.06. The van der Waals surface area contributed by atoms with E-state index in [2.05, 4.69) is 37.3 Å². The Labute approximate surface area is 199 Å². The monoisotopic (exact) mass is 458 g/mol. The van der Waals surface area contributed by atoms with Gasteiger partial charge in [0.2, 0.25) is 5.91 Å². The summed E-state index contributed by atoms with van der Waals surface area (Å²) in [6, 6.07) is 10.8. The van der Waals surface area contributed by atoms with Crippen molar-refractivity contribution in [3.8, 4) is 6.07 Å². The second-order valence-electron chi connectivity index (χ2n) is 9.43. The van der Waals surface area contributed by atoms with Crippen molar-refractivity contribution >= 4 is 28.0 Å². The average Bonchev–Trinajstić information content (AvgIpc) is 3.14. The van der Waals surface area contributed by atoms with Crippen LogP contribution in [0.2, 0.25) is 0 Å². The van der Waals surface area contributed by atoms with Crippen molar-refractivity contribution in [3.05, 3.63) is 62.7 Å². The third kappa shape index (κ3) is 3.95. The smallest absolute Gasteiger partial charge is 0.232 e. The molecule has 1 aromatic carbocycles. The van der Waals surface area contributed by atoms with Gasteiger partial charge in [-0.05, 0) is 61.6 Å². The van der Waals surface area contributed by atoms with Crippen LogP contribution in [-0.2, 0) is 28.9 Å². The van der Waals surface area contributed by atoms with E-state index in [0.717, 1.165) is 65.9 Å². The van der Waals surface area contributed by atoms with Crippen molar-refractivity contribution in [1.29, 1.82) is 5.26 Å². The summed E-state index contributed by atoms with van der Waals surface area (Å²) in [6.07, 6.45) is 9.79. The Morgan fingerprint density at radius 1 is 1.00 bits per heavy atom. The zero-order valence-electron chi connectivity index (χ0n) is 19.3. The summed E-state index contributed by atoms with van der Waals surface area (Å²) >= 11 is 1.62. The van der Waals surface area contributed by atoms with Crippen LogP contribution >= 0.6 is 11.3 Å². The Morgan fingerprint density at radius 3 is 2.48 bits per heavy atom. The van der Waals surface area contributed by atoms with Gasteiger partial charge in [-0.15, -0.1) is 11.3 Å². The number of thiophene rings is 1. The van der Waals surface area contributed by atoms with Gasteiger partial charge in [-0.3, -0.25) is 14.5 Å². The van der Waals surface area contributed by atoms with E-state index in [-0.39, 0.29) is 24.0 Å². The molecule has 3 aliphatic rings. The summed E-state index contributed by atoms with van der Waals surface area (Å²) in [5.74, 6) is -0.0144. The number of carbonyl (C=O) groups excluding carboxylic acids is 2. The van der Waals surface area contributed by atoms with E-state index in [4.69, 9.17) is 0 Å². The lowest BCUT2D eigenvalue weighted by Crippen LogP contribution is -2.40. The number of amides is 1. The molecule has 0 radical (unpaired) electrons. The number of fused-ring (bicyclic) bond motifs is 1. The number of Topliss-reactive ketones (excluding diaryl/α,β-unsaturated/α-hetero) is 1. The first kappa shape index (κ1) is 22.1. The van der Waals surface area contributed by atoms with Gasteiger partial charge >= 0.3 is 0 Å². The largest absolute Gasteiger partial charge is 0.294 e.